The average molecular weight is 522 g/mol. The van der Waals surface area contributed by atoms with E-state index >= 15 is 0 Å². The van der Waals surface area contributed by atoms with Gasteiger partial charge in [-0.2, -0.15) is 0 Å². The number of nitrogens with one attached hydrogen (secondary N) is 1. The second-order valence-corrected chi connectivity index (χ2v) is 9.28. The van der Waals surface area contributed by atoms with Crippen LogP contribution in [0.2, 0.25) is 10.0 Å². The number of carbonyl (C=O) groups excluding carboxylic acids is 3. The number of urea groups is 1. The summed E-state index contributed by atoms with van der Waals surface area (Å²) < 4.78 is 10.3. The fourth-order valence-corrected chi connectivity index (χ4v) is 4.06. The highest BCUT2D eigenvalue weighted by molar-refractivity contribution is 6.32. The molecule has 0 spiro atoms. The number of anilines is 1. The van der Waals surface area contributed by atoms with Gasteiger partial charge in [0.2, 0.25) is 5.91 Å². The summed E-state index contributed by atoms with van der Waals surface area (Å²) in [5.41, 5.74) is 1.51. The molecule has 1 atom stereocenters. The average Bonchev–Trinajstić information content (AvgIpc) is 2.81. The highest BCUT2D eigenvalue weighted by atomic mass is 35.5. The standard InChI is InChI=1S/C25H29Cl2N3O5/c1-16(2)35-21-11-10-19(13-20(21)27)28-22-14-23(31)29(12-4-5-24(32)34-3)25(33)30(22)15-17-6-8-18(26)9-7-17/h6-11,13,16,22,28H,4-5,12,14-15H2,1-3H3. The van der Waals surface area contributed by atoms with E-state index in [1.165, 1.54) is 12.0 Å². The number of methoxy groups -OCH3 is 1. The molecule has 10 heteroatoms. The van der Waals surface area contributed by atoms with Crippen LogP contribution in [0.4, 0.5) is 10.5 Å². The predicted octanol–water partition coefficient (Wildman–Crippen LogP) is 5.33. The first-order valence-corrected chi connectivity index (χ1v) is 12.1. The summed E-state index contributed by atoms with van der Waals surface area (Å²) in [4.78, 5) is 40.5. The molecule has 0 aromatic heterocycles. The number of carbonyl (C=O) groups is 3. The number of amides is 3. The Hall–Kier alpha value is -2.97. The largest absolute Gasteiger partial charge is 0.489 e. The minimum Gasteiger partial charge on any atom is -0.489 e. The monoisotopic (exact) mass is 521 g/mol. The molecule has 0 aliphatic carbocycles. The second-order valence-electron chi connectivity index (χ2n) is 8.44. The van der Waals surface area contributed by atoms with Crippen molar-refractivity contribution < 1.29 is 23.9 Å². The number of halogens is 2. The molecule has 8 nitrogen and oxygen atoms in total. The highest BCUT2D eigenvalue weighted by Crippen LogP contribution is 2.30. The lowest BCUT2D eigenvalue weighted by atomic mass is 10.1. The SMILES string of the molecule is COC(=O)CCCN1C(=O)CC(Nc2ccc(OC(C)C)c(Cl)c2)N(Cc2ccc(Cl)cc2)C1=O. The summed E-state index contributed by atoms with van der Waals surface area (Å²) in [5, 5.41) is 4.28. The van der Waals surface area contributed by atoms with Gasteiger partial charge in [-0.25, -0.2) is 4.79 Å². The van der Waals surface area contributed by atoms with Crippen LogP contribution in [0.1, 0.15) is 38.7 Å². The van der Waals surface area contributed by atoms with Crippen LogP contribution in [-0.2, 0) is 20.9 Å². The van der Waals surface area contributed by atoms with Crippen LogP contribution >= 0.6 is 23.2 Å². The number of benzene rings is 2. The number of esters is 1. The number of nitrogens with zero attached hydrogens (tertiary/aromatic N) is 2. The van der Waals surface area contributed by atoms with Crippen molar-refractivity contribution in [3.05, 3.63) is 58.1 Å². The predicted molar refractivity (Wildman–Crippen MR) is 135 cm³/mol. The van der Waals surface area contributed by atoms with E-state index in [0.29, 0.717) is 27.9 Å². The zero-order valence-electron chi connectivity index (χ0n) is 19.9. The number of hydrogen-bond acceptors (Lipinski definition) is 6. The highest BCUT2D eigenvalue weighted by Gasteiger charge is 2.38. The Morgan fingerprint density at radius 2 is 1.86 bits per heavy atom. The van der Waals surface area contributed by atoms with Crippen molar-refractivity contribution in [1.29, 1.82) is 0 Å². The molecule has 35 heavy (non-hydrogen) atoms. The molecular formula is C25H29Cl2N3O5. The lowest BCUT2D eigenvalue weighted by Crippen LogP contribution is -2.59. The second kappa shape index (κ2) is 12.1. The van der Waals surface area contributed by atoms with E-state index in [0.717, 1.165) is 5.56 Å². The number of rotatable bonds is 10. The molecule has 2 aromatic rings. The molecule has 1 saturated heterocycles. The topological polar surface area (TPSA) is 88.2 Å². The van der Waals surface area contributed by atoms with Gasteiger partial charge in [0.1, 0.15) is 11.9 Å². The summed E-state index contributed by atoms with van der Waals surface area (Å²) in [7, 11) is 1.30. The van der Waals surface area contributed by atoms with E-state index in [4.69, 9.17) is 27.9 Å². The Labute approximate surface area is 215 Å². The van der Waals surface area contributed by atoms with Gasteiger partial charge in [0.15, 0.2) is 0 Å². The fraction of sp³-hybridized carbons (Fsp3) is 0.400. The van der Waals surface area contributed by atoms with Crippen LogP contribution < -0.4 is 10.1 Å². The van der Waals surface area contributed by atoms with Crippen molar-refractivity contribution in [3.8, 4) is 5.75 Å². The normalized spacial score (nSPS) is 16.0. The van der Waals surface area contributed by atoms with Crippen LogP contribution in [0.15, 0.2) is 42.5 Å². The summed E-state index contributed by atoms with van der Waals surface area (Å²) in [6.07, 6.45) is -0.130. The third-order valence-electron chi connectivity index (χ3n) is 5.41. The molecule has 3 amide bonds. The maximum atomic E-state index is 13.4. The third-order valence-corrected chi connectivity index (χ3v) is 5.95. The molecule has 3 rings (SSSR count). The van der Waals surface area contributed by atoms with Crippen LogP contribution in [0, 0.1) is 0 Å². The van der Waals surface area contributed by atoms with E-state index in [2.05, 4.69) is 10.1 Å². The van der Waals surface area contributed by atoms with Crippen LogP contribution in [0.5, 0.6) is 5.75 Å². The van der Waals surface area contributed by atoms with Crippen molar-refractivity contribution in [1.82, 2.24) is 9.80 Å². The molecule has 0 radical (unpaired) electrons. The van der Waals surface area contributed by atoms with E-state index in [-0.39, 0.29) is 43.9 Å². The van der Waals surface area contributed by atoms with E-state index in [9.17, 15) is 14.4 Å². The van der Waals surface area contributed by atoms with Gasteiger partial charge in [-0.15, -0.1) is 0 Å². The molecular weight excluding hydrogens is 493 g/mol. The number of imide groups is 1. The lowest BCUT2D eigenvalue weighted by molar-refractivity contribution is -0.141. The van der Waals surface area contributed by atoms with E-state index in [1.807, 2.05) is 26.0 Å². The minimum absolute atomic E-state index is 0.0278. The first kappa shape index (κ1) is 26.6. The van der Waals surface area contributed by atoms with Gasteiger partial charge in [-0.1, -0.05) is 35.3 Å². The maximum absolute atomic E-state index is 13.4. The smallest absolute Gasteiger partial charge is 0.328 e. The fourth-order valence-electron chi connectivity index (χ4n) is 3.71. The lowest BCUT2D eigenvalue weighted by Gasteiger charge is -2.41. The van der Waals surface area contributed by atoms with Gasteiger partial charge in [0.25, 0.3) is 0 Å². The molecule has 0 bridgehead atoms. The first-order chi connectivity index (χ1) is 16.7. The number of hydrogen-bond donors (Lipinski definition) is 1. The summed E-state index contributed by atoms with van der Waals surface area (Å²) in [6, 6.07) is 12.0. The van der Waals surface area contributed by atoms with Gasteiger partial charge < -0.3 is 14.8 Å². The quantitative estimate of drug-likeness (QED) is 0.425. The Morgan fingerprint density at radius 3 is 2.49 bits per heavy atom. The molecule has 1 aliphatic rings. The Bertz CT molecular complexity index is 1060. The van der Waals surface area contributed by atoms with Crippen molar-refractivity contribution >= 4 is 46.8 Å². The molecule has 0 saturated carbocycles. The van der Waals surface area contributed by atoms with Crippen LogP contribution in [-0.4, -0.2) is 53.6 Å². The summed E-state index contributed by atoms with van der Waals surface area (Å²) in [5.74, 6) is -0.158. The molecule has 1 N–H and O–H groups in total. The number of ether oxygens (including phenoxy) is 2. The summed E-state index contributed by atoms with van der Waals surface area (Å²) >= 11 is 12.4. The van der Waals surface area contributed by atoms with Gasteiger partial charge in [0, 0.05) is 30.2 Å². The van der Waals surface area contributed by atoms with E-state index in [1.54, 1.807) is 35.2 Å². The van der Waals surface area contributed by atoms with Crippen molar-refractivity contribution in [3.63, 3.8) is 0 Å². The maximum Gasteiger partial charge on any atom is 0.328 e. The molecule has 2 aromatic carbocycles. The van der Waals surface area contributed by atoms with Crippen molar-refractivity contribution in [2.75, 3.05) is 19.0 Å². The zero-order valence-corrected chi connectivity index (χ0v) is 21.4. The van der Waals surface area contributed by atoms with Crippen LogP contribution in [0.25, 0.3) is 0 Å². The van der Waals surface area contributed by atoms with Crippen LogP contribution in [0.3, 0.4) is 0 Å². The van der Waals surface area contributed by atoms with Gasteiger partial charge in [0.05, 0.1) is 24.7 Å². The van der Waals surface area contributed by atoms with Gasteiger partial charge >= 0.3 is 12.0 Å². The Kier molecular flexibility index (Phi) is 9.23. The first-order valence-electron chi connectivity index (χ1n) is 11.3. The van der Waals surface area contributed by atoms with E-state index < -0.39 is 12.2 Å². The third kappa shape index (κ3) is 7.26. The molecule has 1 heterocycles. The molecule has 1 unspecified atom stereocenters. The summed E-state index contributed by atoms with van der Waals surface area (Å²) in [6.45, 7) is 4.21. The molecule has 1 aliphatic heterocycles. The zero-order chi connectivity index (χ0) is 25.5. The molecule has 1 fully saturated rings. The Balaban J connectivity index is 1.81. The van der Waals surface area contributed by atoms with Crippen molar-refractivity contribution in [2.45, 2.75) is 51.9 Å². The van der Waals surface area contributed by atoms with Crippen molar-refractivity contribution in [2.24, 2.45) is 0 Å². The minimum atomic E-state index is -0.601. The Morgan fingerprint density at radius 1 is 1.14 bits per heavy atom. The van der Waals surface area contributed by atoms with Gasteiger partial charge in [-0.05, 0) is 56.2 Å². The van der Waals surface area contributed by atoms with Gasteiger partial charge in [-0.3, -0.25) is 19.4 Å². The molecule has 188 valence electrons.